The summed E-state index contributed by atoms with van der Waals surface area (Å²) in [7, 11) is 0. The van der Waals surface area contributed by atoms with Crippen molar-refractivity contribution in [3.63, 3.8) is 0 Å². The normalized spacial score (nSPS) is 18.2. The lowest BCUT2D eigenvalue weighted by Gasteiger charge is -2.35. The number of amides is 1. The van der Waals surface area contributed by atoms with Crippen LogP contribution in [0.5, 0.6) is 0 Å². The van der Waals surface area contributed by atoms with Crippen LogP contribution in [0, 0.1) is 0 Å². The minimum absolute atomic E-state index is 0.111. The van der Waals surface area contributed by atoms with Gasteiger partial charge in [0.2, 0.25) is 11.9 Å². The van der Waals surface area contributed by atoms with E-state index in [4.69, 9.17) is 4.98 Å². The molecule has 33 heavy (non-hydrogen) atoms. The van der Waals surface area contributed by atoms with Crippen molar-refractivity contribution in [2.45, 2.75) is 25.2 Å². The first kappa shape index (κ1) is 21.8. The molecule has 1 amide bonds. The van der Waals surface area contributed by atoms with E-state index in [-0.39, 0.29) is 17.6 Å². The minimum Gasteiger partial charge on any atom is -0.339 e. The minimum atomic E-state index is 0.111. The van der Waals surface area contributed by atoms with Gasteiger partial charge in [-0.15, -0.1) is 0 Å². The van der Waals surface area contributed by atoms with Gasteiger partial charge in [0.25, 0.3) is 0 Å². The Morgan fingerprint density at radius 3 is 2.42 bits per heavy atom. The van der Waals surface area contributed by atoms with E-state index in [9.17, 15) is 9.59 Å². The number of ketones is 1. The van der Waals surface area contributed by atoms with Crippen molar-refractivity contribution < 1.29 is 9.59 Å². The predicted octanol–water partition coefficient (Wildman–Crippen LogP) is 4.04. The van der Waals surface area contributed by atoms with Crippen LogP contribution in [0.4, 0.5) is 5.95 Å². The topological polar surface area (TPSA) is 66.4 Å². The number of rotatable bonds is 4. The summed E-state index contributed by atoms with van der Waals surface area (Å²) in [4.78, 5) is 38.7. The number of nitrogens with zero attached hydrogens (tertiary/aromatic N) is 4. The molecule has 1 saturated heterocycles. The lowest BCUT2D eigenvalue weighted by Crippen LogP contribution is -2.49. The Morgan fingerprint density at radius 2 is 1.70 bits per heavy atom. The molecule has 0 spiro atoms. The molecular formula is C26H25BrN4O2. The molecule has 7 heteroatoms. The average Bonchev–Trinajstić information content (AvgIpc) is 2.85. The third-order valence-corrected chi connectivity index (χ3v) is 7.01. The molecule has 1 unspecified atom stereocenters. The monoisotopic (exact) mass is 504 g/mol. The maximum absolute atomic E-state index is 12.7. The van der Waals surface area contributed by atoms with E-state index in [1.807, 2.05) is 47.4 Å². The van der Waals surface area contributed by atoms with Crippen LogP contribution in [0.25, 0.3) is 0 Å². The molecule has 2 aromatic carbocycles. The molecule has 1 aliphatic carbocycles. The van der Waals surface area contributed by atoms with E-state index in [2.05, 4.69) is 37.9 Å². The average molecular weight is 505 g/mol. The van der Waals surface area contributed by atoms with Gasteiger partial charge in [-0.2, -0.15) is 0 Å². The van der Waals surface area contributed by atoms with E-state index < -0.39 is 0 Å². The van der Waals surface area contributed by atoms with Crippen molar-refractivity contribution >= 4 is 33.6 Å². The number of carbonyl (C=O) groups excluding carboxylic acids is 2. The molecule has 0 radical (unpaired) electrons. The molecule has 3 aromatic rings. The zero-order chi connectivity index (χ0) is 22.8. The summed E-state index contributed by atoms with van der Waals surface area (Å²) in [6.07, 6.45) is 3.34. The van der Waals surface area contributed by atoms with Gasteiger partial charge in [-0.25, -0.2) is 9.97 Å². The highest BCUT2D eigenvalue weighted by Crippen LogP contribution is 2.32. The lowest BCUT2D eigenvalue weighted by molar-refractivity contribution is -0.130. The van der Waals surface area contributed by atoms with Crippen molar-refractivity contribution in [2.75, 3.05) is 31.1 Å². The number of aromatic nitrogens is 2. The molecule has 1 atom stereocenters. The third kappa shape index (κ3) is 4.83. The van der Waals surface area contributed by atoms with Gasteiger partial charge in [0.05, 0.1) is 17.7 Å². The fourth-order valence-corrected chi connectivity index (χ4v) is 4.86. The standard InChI is InChI=1S/C26H25BrN4O2/c27-21-8-6-18(7-9-21)14-25(33)30-10-12-31(13-11-30)26-28-17-22-23(29-26)15-20(16-24(22)32)19-4-2-1-3-5-19/h1-9,17,20H,10-16H2. The van der Waals surface area contributed by atoms with Gasteiger partial charge in [0, 0.05) is 43.3 Å². The second-order valence-electron chi connectivity index (χ2n) is 8.64. The SMILES string of the molecule is O=C1CC(c2ccccc2)Cc2nc(N3CCN(C(=O)Cc4ccc(Br)cc4)CC3)ncc21. The summed E-state index contributed by atoms with van der Waals surface area (Å²) in [6, 6.07) is 18.0. The van der Waals surface area contributed by atoms with Crippen LogP contribution in [0.3, 0.4) is 0 Å². The zero-order valence-corrected chi connectivity index (χ0v) is 19.9. The van der Waals surface area contributed by atoms with E-state index in [0.717, 1.165) is 22.2 Å². The molecule has 2 aliphatic rings. The molecule has 1 aliphatic heterocycles. The van der Waals surface area contributed by atoms with E-state index >= 15 is 0 Å². The lowest BCUT2D eigenvalue weighted by atomic mass is 9.82. The Hall–Kier alpha value is -3.06. The summed E-state index contributed by atoms with van der Waals surface area (Å²) in [6.45, 7) is 2.64. The number of hydrogen-bond donors (Lipinski definition) is 0. The fraction of sp³-hybridized carbons (Fsp3) is 0.308. The van der Waals surface area contributed by atoms with Gasteiger partial charge in [-0.3, -0.25) is 9.59 Å². The first-order valence-electron chi connectivity index (χ1n) is 11.3. The van der Waals surface area contributed by atoms with E-state index in [0.29, 0.717) is 50.5 Å². The largest absolute Gasteiger partial charge is 0.339 e. The molecular weight excluding hydrogens is 480 g/mol. The quantitative estimate of drug-likeness (QED) is 0.536. The number of piperazine rings is 1. The summed E-state index contributed by atoms with van der Waals surface area (Å²) in [5.74, 6) is 1.05. The molecule has 0 bridgehead atoms. The summed E-state index contributed by atoms with van der Waals surface area (Å²) in [5, 5.41) is 0. The number of benzene rings is 2. The predicted molar refractivity (Wildman–Crippen MR) is 131 cm³/mol. The van der Waals surface area contributed by atoms with E-state index in [1.165, 1.54) is 5.56 Å². The Kier molecular flexibility index (Phi) is 6.22. The van der Waals surface area contributed by atoms with Crippen LogP contribution in [-0.2, 0) is 17.6 Å². The second-order valence-corrected chi connectivity index (χ2v) is 9.56. The maximum atomic E-state index is 12.7. The van der Waals surface area contributed by atoms with Crippen molar-refractivity contribution in [1.82, 2.24) is 14.9 Å². The number of halogens is 1. The number of anilines is 1. The van der Waals surface area contributed by atoms with Crippen molar-refractivity contribution in [3.05, 3.63) is 87.7 Å². The molecule has 0 N–H and O–H groups in total. The first-order chi connectivity index (χ1) is 16.1. The van der Waals surface area contributed by atoms with Gasteiger partial charge in [-0.1, -0.05) is 58.4 Å². The number of carbonyl (C=O) groups is 2. The Balaban J connectivity index is 1.24. The number of fused-ring (bicyclic) bond motifs is 1. The van der Waals surface area contributed by atoms with Crippen LogP contribution in [-0.4, -0.2) is 52.7 Å². The van der Waals surface area contributed by atoms with E-state index in [1.54, 1.807) is 6.20 Å². The molecule has 1 aromatic heterocycles. The Labute approximate surface area is 201 Å². The summed E-state index contributed by atoms with van der Waals surface area (Å²) < 4.78 is 1.01. The van der Waals surface area contributed by atoms with Crippen LogP contribution >= 0.6 is 15.9 Å². The Morgan fingerprint density at radius 1 is 0.970 bits per heavy atom. The second kappa shape index (κ2) is 9.43. The molecule has 6 nitrogen and oxygen atoms in total. The molecule has 168 valence electrons. The Bertz CT molecular complexity index is 1160. The third-order valence-electron chi connectivity index (χ3n) is 6.48. The molecule has 1 fully saturated rings. The van der Waals surface area contributed by atoms with Gasteiger partial charge >= 0.3 is 0 Å². The van der Waals surface area contributed by atoms with Gasteiger partial charge in [0.1, 0.15) is 0 Å². The molecule has 2 heterocycles. The van der Waals surface area contributed by atoms with Crippen molar-refractivity contribution in [2.24, 2.45) is 0 Å². The first-order valence-corrected chi connectivity index (χ1v) is 12.1. The van der Waals surface area contributed by atoms with Gasteiger partial charge < -0.3 is 9.80 Å². The summed E-state index contributed by atoms with van der Waals surface area (Å²) >= 11 is 3.43. The molecule has 0 saturated carbocycles. The maximum Gasteiger partial charge on any atom is 0.227 e. The highest BCUT2D eigenvalue weighted by atomic mass is 79.9. The number of Topliss-reactive ketones (excluding diaryl/α,β-unsaturated/α-hetero) is 1. The van der Waals surface area contributed by atoms with Crippen molar-refractivity contribution in [3.8, 4) is 0 Å². The highest BCUT2D eigenvalue weighted by molar-refractivity contribution is 9.10. The van der Waals surface area contributed by atoms with Crippen LogP contribution in [0.1, 0.15) is 39.5 Å². The summed E-state index contributed by atoms with van der Waals surface area (Å²) in [5.41, 5.74) is 3.67. The van der Waals surface area contributed by atoms with Crippen molar-refractivity contribution in [1.29, 1.82) is 0 Å². The van der Waals surface area contributed by atoms with Crippen LogP contribution in [0.2, 0.25) is 0 Å². The van der Waals surface area contributed by atoms with Gasteiger partial charge in [0.15, 0.2) is 5.78 Å². The van der Waals surface area contributed by atoms with Crippen LogP contribution < -0.4 is 4.90 Å². The fourth-order valence-electron chi connectivity index (χ4n) is 4.59. The smallest absolute Gasteiger partial charge is 0.227 e. The van der Waals surface area contributed by atoms with Gasteiger partial charge in [-0.05, 0) is 35.6 Å². The number of hydrogen-bond acceptors (Lipinski definition) is 5. The highest BCUT2D eigenvalue weighted by Gasteiger charge is 2.29. The molecule has 5 rings (SSSR count). The van der Waals surface area contributed by atoms with Crippen LogP contribution in [0.15, 0.2) is 65.3 Å². The zero-order valence-electron chi connectivity index (χ0n) is 18.3.